The fraction of sp³-hybridized carbons (Fsp3) is 0.562. The first kappa shape index (κ1) is 14.9. The number of rotatable bonds is 6. The maximum absolute atomic E-state index is 4.20. The summed E-state index contributed by atoms with van der Waals surface area (Å²) in [6.45, 7) is 13.1. The SMILES string of the molecule is Cc1ccncc1/C=C(/CNCC(C)C)C(C)C. The number of nitrogens with one attached hydrogen (secondary N) is 1. The second-order valence-corrected chi connectivity index (χ2v) is 5.63. The molecule has 1 aromatic heterocycles. The number of aryl methyl sites for hydroxylation is 1. The number of pyridine rings is 1. The number of nitrogens with zero attached hydrogens (tertiary/aromatic N) is 1. The van der Waals surface area contributed by atoms with E-state index < -0.39 is 0 Å². The molecule has 1 N–H and O–H groups in total. The zero-order chi connectivity index (χ0) is 13.5. The molecule has 0 aliphatic rings. The summed E-state index contributed by atoms with van der Waals surface area (Å²) in [5, 5.41) is 3.52. The maximum Gasteiger partial charge on any atom is 0.0342 e. The van der Waals surface area contributed by atoms with E-state index in [4.69, 9.17) is 0 Å². The van der Waals surface area contributed by atoms with Crippen LogP contribution in [0.5, 0.6) is 0 Å². The smallest absolute Gasteiger partial charge is 0.0342 e. The lowest BCUT2D eigenvalue weighted by molar-refractivity contribution is 0.558. The molecule has 2 heteroatoms. The summed E-state index contributed by atoms with van der Waals surface area (Å²) in [6.07, 6.45) is 6.07. The molecule has 0 aliphatic carbocycles. The molecule has 18 heavy (non-hydrogen) atoms. The standard InChI is InChI=1S/C16H26N2/c1-12(2)9-18-10-15(13(3)4)8-16-11-17-7-6-14(16)5/h6-8,11-13,18H,9-10H2,1-5H3/b15-8-. The van der Waals surface area contributed by atoms with Crippen LogP contribution in [0.3, 0.4) is 0 Å². The Kier molecular flexibility index (Phi) is 6.06. The van der Waals surface area contributed by atoms with Gasteiger partial charge in [0.2, 0.25) is 0 Å². The fourth-order valence-electron chi connectivity index (χ4n) is 1.75. The normalized spacial score (nSPS) is 12.5. The van der Waals surface area contributed by atoms with Crippen molar-refractivity contribution >= 4 is 6.08 Å². The predicted molar refractivity (Wildman–Crippen MR) is 79.5 cm³/mol. The lowest BCUT2D eigenvalue weighted by Crippen LogP contribution is -2.23. The molecule has 0 fully saturated rings. The second kappa shape index (κ2) is 7.32. The molecular weight excluding hydrogens is 220 g/mol. The molecule has 0 aromatic carbocycles. The first-order valence-electron chi connectivity index (χ1n) is 6.82. The molecule has 0 saturated carbocycles. The quantitative estimate of drug-likeness (QED) is 0.828. The van der Waals surface area contributed by atoms with Gasteiger partial charge in [0.25, 0.3) is 0 Å². The number of aromatic nitrogens is 1. The molecule has 0 radical (unpaired) electrons. The third-order valence-electron chi connectivity index (χ3n) is 3.04. The molecule has 0 spiro atoms. The molecule has 0 bridgehead atoms. The molecule has 0 aliphatic heterocycles. The highest BCUT2D eigenvalue weighted by molar-refractivity contribution is 5.56. The van der Waals surface area contributed by atoms with Crippen molar-refractivity contribution < 1.29 is 0 Å². The Morgan fingerprint density at radius 3 is 2.61 bits per heavy atom. The van der Waals surface area contributed by atoms with Crippen LogP contribution in [0.4, 0.5) is 0 Å². The summed E-state index contributed by atoms with van der Waals surface area (Å²) in [5.41, 5.74) is 3.95. The van der Waals surface area contributed by atoms with Gasteiger partial charge in [-0.2, -0.15) is 0 Å². The van der Waals surface area contributed by atoms with E-state index in [0.717, 1.165) is 13.1 Å². The molecule has 0 saturated heterocycles. The highest BCUT2D eigenvalue weighted by Gasteiger charge is 2.05. The van der Waals surface area contributed by atoms with E-state index in [1.54, 1.807) is 0 Å². The van der Waals surface area contributed by atoms with E-state index >= 15 is 0 Å². The number of hydrogen-bond donors (Lipinski definition) is 1. The van der Waals surface area contributed by atoms with Crippen LogP contribution in [0.15, 0.2) is 24.0 Å². The van der Waals surface area contributed by atoms with Gasteiger partial charge in [-0.1, -0.05) is 39.3 Å². The third kappa shape index (κ3) is 5.01. The van der Waals surface area contributed by atoms with Crippen molar-refractivity contribution in [2.24, 2.45) is 11.8 Å². The van der Waals surface area contributed by atoms with Gasteiger partial charge in [0.05, 0.1) is 0 Å². The zero-order valence-electron chi connectivity index (χ0n) is 12.3. The van der Waals surface area contributed by atoms with Gasteiger partial charge in [-0.25, -0.2) is 0 Å². The van der Waals surface area contributed by atoms with Crippen LogP contribution in [0.2, 0.25) is 0 Å². The van der Waals surface area contributed by atoms with Crippen molar-refractivity contribution in [2.75, 3.05) is 13.1 Å². The molecule has 0 amide bonds. The monoisotopic (exact) mass is 246 g/mol. The maximum atomic E-state index is 4.20. The Morgan fingerprint density at radius 2 is 2.06 bits per heavy atom. The highest BCUT2D eigenvalue weighted by atomic mass is 14.9. The van der Waals surface area contributed by atoms with Crippen LogP contribution in [0, 0.1) is 18.8 Å². The molecule has 0 atom stereocenters. The van der Waals surface area contributed by atoms with Gasteiger partial charge < -0.3 is 5.32 Å². The van der Waals surface area contributed by atoms with Crippen molar-refractivity contribution in [3.8, 4) is 0 Å². The molecule has 1 rings (SSSR count). The molecule has 1 aromatic rings. The summed E-state index contributed by atoms with van der Waals surface area (Å²) < 4.78 is 0. The van der Waals surface area contributed by atoms with Gasteiger partial charge in [0.1, 0.15) is 0 Å². The number of hydrogen-bond acceptors (Lipinski definition) is 2. The van der Waals surface area contributed by atoms with Gasteiger partial charge in [-0.3, -0.25) is 4.98 Å². The van der Waals surface area contributed by atoms with E-state index in [1.165, 1.54) is 16.7 Å². The topological polar surface area (TPSA) is 24.9 Å². The fourth-order valence-corrected chi connectivity index (χ4v) is 1.75. The Balaban J connectivity index is 2.75. The summed E-state index contributed by atoms with van der Waals surface area (Å²) in [6, 6.07) is 2.06. The van der Waals surface area contributed by atoms with Gasteiger partial charge in [-0.15, -0.1) is 0 Å². The zero-order valence-corrected chi connectivity index (χ0v) is 12.3. The van der Waals surface area contributed by atoms with Crippen LogP contribution >= 0.6 is 0 Å². The Hall–Kier alpha value is -1.15. The van der Waals surface area contributed by atoms with Gasteiger partial charge in [-0.05, 0) is 42.5 Å². The Labute approximate surface area is 112 Å². The van der Waals surface area contributed by atoms with Crippen molar-refractivity contribution in [3.63, 3.8) is 0 Å². The van der Waals surface area contributed by atoms with Crippen LogP contribution in [-0.4, -0.2) is 18.1 Å². The van der Waals surface area contributed by atoms with E-state index in [0.29, 0.717) is 11.8 Å². The molecule has 1 heterocycles. The largest absolute Gasteiger partial charge is 0.313 e. The highest BCUT2D eigenvalue weighted by Crippen LogP contribution is 2.16. The summed E-state index contributed by atoms with van der Waals surface area (Å²) in [7, 11) is 0. The van der Waals surface area contributed by atoms with Gasteiger partial charge in [0.15, 0.2) is 0 Å². The van der Waals surface area contributed by atoms with Crippen LogP contribution in [0.1, 0.15) is 38.8 Å². The van der Waals surface area contributed by atoms with E-state index in [1.807, 2.05) is 12.4 Å². The summed E-state index contributed by atoms with van der Waals surface area (Å²) in [5.74, 6) is 1.25. The minimum atomic E-state index is 0.560. The van der Waals surface area contributed by atoms with Crippen molar-refractivity contribution in [1.29, 1.82) is 0 Å². The summed E-state index contributed by atoms with van der Waals surface area (Å²) >= 11 is 0. The average molecular weight is 246 g/mol. The minimum Gasteiger partial charge on any atom is -0.313 e. The predicted octanol–water partition coefficient (Wildman–Crippen LogP) is 3.68. The van der Waals surface area contributed by atoms with Gasteiger partial charge in [0, 0.05) is 18.9 Å². The second-order valence-electron chi connectivity index (χ2n) is 5.63. The molecule has 0 unspecified atom stereocenters. The van der Waals surface area contributed by atoms with Crippen molar-refractivity contribution in [3.05, 3.63) is 35.2 Å². The third-order valence-corrected chi connectivity index (χ3v) is 3.04. The van der Waals surface area contributed by atoms with Crippen LogP contribution < -0.4 is 5.32 Å². The van der Waals surface area contributed by atoms with E-state index in [-0.39, 0.29) is 0 Å². The summed E-state index contributed by atoms with van der Waals surface area (Å²) in [4.78, 5) is 4.20. The first-order valence-corrected chi connectivity index (χ1v) is 6.82. The lowest BCUT2D eigenvalue weighted by atomic mass is 9.99. The Morgan fingerprint density at radius 1 is 1.33 bits per heavy atom. The van der Waals surface area contributed by atoms with E-state index in [2.05, 4.69) is 57.1 Å². The minimum absolute atomic E-state index is 0.560. The van der Waals surface area contributed by atoms with Crippen molar-refractivity contribution in [1.82, 2.24) is 10.3 Å². The first-order chi connectivity index (χ1) is 8.50. The van der Waals surface area contributed by atoms with Gasteiger partial charge >= 0.3 is 0 Å². The van der Waals surface area contributed by atoms with Crippen molar-refractivity contribution in [2.45, 2.75) is 34.6 Å². The van der Waals surface area contributed by atoms with Crippen LogP contribution in [-0.2, 0) is 0 Å². The molecule has 2 nitrogen and oxygen atoms in total. The molecule has 100 valence electrons. The van der Waals surface area contributed by atoms with E-state index in [9.17, 15) is 0 Å². The average Bonchev–Trinajstić information content (AvgIpc) is 2.29. The Bertz CT molecular complexity index is 392. The van der Waals surface area contributed by atoms with Crippen LogP contribution in [0.25, 0.3) is 6.08 Å². The molecular formula is C16H26N2. The lowest BCUT2D eigenvalue weighted by Gasteiger charge is -2.14.